The molecule has 1 amide bonds. The van der Waals surface area contributed by atoms with E-state index in [2.05, 4.69) is 15.6 Å². The minimum atomic E-state index is -0.202. The highest BCUT2D eigenvalue weighted by atomic mass is 16.2. The standard InChI is InChI=1S/C15H19N5O2/c1-11-10-16-7-9-19(11)14(21)6-8-20-15(22)12-4-2-3-5-13(12)17-18-20/h2-5,11,16H,6-10H2,1H3. The van der Waals surface area contributed by atoms with E-state index in [1.54, 1.807) is 18.2 Å². The number of nitrogens with zero attached hydrogens (tertiary/aromatic N) is 4. The van der Waals surface area contributed by atoms with Gasteiger partial charge in [-0.2, -0.15) is 0 Å². The second-order valence-electron chi connectivity index (χ2n) is 5.53. The number of hydrogen-bond donors (Lipinski definition) is 1. The molecule has 1 atom stereocenters. The van der Waals surface area contributed by atoms with Gasteiger partial charge in [-0.05, 0) is 19.1 Å². The molecule has 3 rings (SSSR count). The average molecular weight is 301 g/mol. The van der Waals surface area contributed by atoms with Gasteiger partial charge in [0, 0.05) is 32.1 Å². The Balaban J connectivity index is 1.72. The molecular weight excluding hydrogens is 282 g/mol. The van der Waals surface area contributed by atoms with Gasteiger partial charge in [0.05, 0.1) is 11.9 Å². The average Bonchev–Trinajstić information content (AvgIpc) is 2.55. The topological polar surface area (TPSA) is 80.1 Å². The third-order valence-corrected chi connectivity index (χ3v) is 3.99. The Morgan fingerprint density at radius 3 is 3.05 bits per heavy atom. The maximum Gasteiger partial charge on any atom is 0.277 e. The molecule has 2 heterocycles. The lowest BCUT2D eigenvalue weighted by molar-refractivity contribution is -0.134. The van der Waals surface area contributed by atoms with Gasteiger partial charge in [0.15, 0.2) is 0 Å². The fourth-order valence-corrected chi connectivity index (χ4v) is 2.73. The van der Waals surface area contributed by atoms with Crippen molar-refractivity contribution in [3.8, 4) is 0 Å². The molecule has 0 radical (unpaired) electrons. The van der Waals surface area contributed by atoms with Crippen LogP contribution < -0.4 is 10.9 Å². The van der Waals surface area contributed by atoms with Gasteiger partial charge >= 0.3 is 0 Å². The lowest BCUT2D eigenvalue weighted by Crippen LogP contribution is -2.52. The Bertz CT molecular complexity index is 742. The summed E-state index contributed by atoms with van der Waals surface area (Å²) in [4.78, 5) is 26.5. The third kappa shape index (κ3) is 2.85. The summed E-state index contributed by atoms with van der Waals surface area (Å²) in [7, 11) is 0. The van der Waals surface area contributed by atoms with Crippen LogP contribution in [0.2, 0.25) is 0 Å². The Kier molecular flexibility index (Phi) is 4.15. The number of aromatic nitrogens is 3. The fraction of sp³-hybridized carbons (Fsp3) is 0.467. The van der Waals surface area contributed by atoms with Crippen LogP contribution in [0.25, 0.3) is 10.9 Å². The maximum atomic E-state index is 12.3. The van der Waals surface area contributed by atoms with E-state index >= 15 is 0 Å². The van der Waals surface area contributed by atoms with Crippen LogP contribution in [0, 0.1) is 0 Å². The Morgan fingerprint density at radius 1 is 1.41 bits per heavy atom. The second-order valence-corrected chi connectivity index (χ2v) is 5.53. The molecule has 1 saturated heterocycles. The van der Waals surface area contributed by atoms with Gasteiger partial charge in [-0.3, -0.25) is 9.59 Å². The van der Waals surface area contributed by atoms with E-state index in [1.165, 1.54) is 4.68 Å². The van der Waals surface area contributed by atoms with Crippen molar-refractivity contribution in [2.75, 3.05) is 19.6 Å². The van der Waals surface area contributed by atoms with Gasteiger partial charge in [0.2, 0.25) is 5.91 Å². The Labute approximate surface area is 127 Å². The quantitative estimate of drug-likeness (QED) is 0.863. The molecule has 22 heavy (non-hydrogen) atoms. The molecule has 0 saturated carbocycles. The highest BCUT2D eigenvalue weighted by Crippen LogP contribution is 2.06. The first-order valence-electron chi connectivity index (χ1n) is 7.49. The number of carbonyl (C=O) groups is 1. The van der Waals surface area contributed by atoms with Gasteiger partial charge in [-0.1, -0.05) is 17.3 Å². The largest absolute Gasteiger partial charge is 0.337 e. The molecule has 0 aliphatic carbocycles. The molecule has 7 heteroatoms. The van der Waals surface area contributed by atoms with Crippen LogP contribution in [0.5, 0.6) is 0 Å². The van der Waals surface area contributed by atoms with Crippen molar-refractivity contribution < 1.29 is 4.79 Å². The molecule has 0 spiro atoms. The molecule has 1 aromatic carbocycles. The normalized spacial score (nSPS) is 18.6. The SMILES string of the molecule is CC1CNCCN1C(=O)CCn1nnc2ccccc2c1=O. The van der Waals surface area contributed by atoms with Gasteiger partial charge in [0.25, 0.3) is 5.56 Å². The lowest BCUT2D eigenvalue weighted by Gasteiger charge is -2.34. The monoisotopic (exact) mass is 301 g/mol. The van der Waals surface area contributed by atoms with E-state index in [9.17, 15) is 9.59 Å². The van der Waals surface area contributed by atoms with Crippen LogP contribution in [-0.2, 0) is 11.3 Å². The molecule has 1 N–H and O–H groups in total. The summed E-state index contributed by atoms with van der Waals surface area (Å²) in [6.07, 6.45) is 0.261. The molecule has 1 fully saturated rings. The van der Waals surface area contributed by atoms with Crippen LogP contribution in [0.3, 0.4) is 0 Å². The van der Waals surface area contributed by atoms with E-state index in [4.69, 9.17) is 0 Å². The van der Waals surface area contributed by atoms with Crippen LogP contribution in [0.15, 0.2) is 29.1 Å². The number of rotatable bonds is 3. The van der Waals surface area contributed by atoms with E-state index in [-0.39, 0.29) is 30.5 Å². The summed E-state index contributed by atoms with van der Waals surface area (Å²) in [5, 5.41) is 11.7. The van der Waals surface area contributed by atoms with Crippen LogP contribution in [-0.4, -0.2) is 51.5 Å². The van der Waals surface area contributed by atoms with Gasteiger partial charge < -0.3 is 10.2 Å². The Morgan fingerprint density at radius 2 is 2.23 bits per heavy atom. The molecule has 2 aromatic rings. The number of benzene rings is 1. The van der Waals surface area contributed by atoms with Gasteiger partial charge in [0.1, 0.15) is 5.52 Å². The van der Waals surface area contributed by atoms with E-state index < -0.39 is 0 Å². The highest BCUT2D eigenvalue weighted by Gasteiger charge is 2.22. The number of hydrogen-bond acceptors (Lipinski definition) is 5. The summed E-state index contributed by atoms with van der Waals surface area (Å²) >= 11 is 0. The number of fused-ring (bicyclic) bond motifs is 1. The van der Waals surface area contributed by atoms with Crippen molar-refractivity contribution in [3.05, 3.63) is 34.6 Å². The first-order chi connectivity index (χ1) is 10.7. The molecular formula is C15H19N5O2. The summed E-state index contributed by atoms with van der Waals surface area (Å²) in [6.45, 7) is 4.60. The smallest absolute Gasteiger partial charge is 0.277 e. The highest BCUT2D eigenvalue weighted by molar-refractivity contribution is 5.77. The zero-order chi connectivity index (χ0) is 15.5. The summed E-state index contributed by atoms with van der Waals surface area (Å²) in [5.74, 6) is 0.0517. The maximum absolute atomic E-state index is 12.3. The van der Waals surface area contributed by atoms with Crippen molar-refractivity contribution in [2.45, 2.75) is 25.9 Å². The van der Waals surface area contributed by atoms with Crippen LogP contribution in [0.1, 0.15) is 13.3 Å². The molecule has 116 valence electrons. The summed E-state index contributed by atoms with van der Waals surface area (Å²) in [5.41, 5.74) is 0.373. The van der Waals surface area contributed by atoms with Crippen molar-refractivity contribution in [1.82, 2.24) is 25.2 Å². The molecule has 1 aromatic heterocycles. The van der Waals surface area contributed by atoms with Crippen LogP contribution >= 0.6 is 0 Å². The van der Waals surface area contributed by atoms with E-state index in [0.717, 1.165) is 13.1 Å². The zero-order valence-corrected chi connectivity index (χ0v) is 12.5. The predicted octanol–water partition coefficient (Wildman–Crippen LogP) is 0.00190. The zero-order valence-electron chi connectivity index (χ0n) is 12.5. The number of nitrogens with one attached hydrogen (secondary N) is 1. The number of carbonyl (C=O) groups excluding carboxylic acids is 1. The number of aryl methyl sites for hydroxylation is 1. The van der Waals surface area contributed by atoms with Crippen molar-refractivity contribution in [2.24, 2.45) is 0 Å². The van der Waals surface area contributed by atoms with Crippen LogP contribution in [0.4, 0.5) is 0 Å². The first-order valence-corrected chi connectivity index (χ1v) is 7.49. The number of piperazine rings is 1. The Hall–Kier alpha value is -2.28. The van der Waals surface area contributed by atoms with Crippen molar-refractivity contribution >= 4 is 16.8 Å². The summed E-state index contributed by atoms with van der Waals surface area (Å²) in [6, 6.07) is 7.27. The van der Waals surface area contributed by atoms with Crippen molar-refractivity contribution in [1.29, 1.82) is 0 Å². The van der Waals surface area contributed by atoms with Gasteiger partial charge in [-0.25, -0.2) is 4.68 Å². The minimum Gasteiger partial charge on any atom is -0.337 e. The first kappa shape index (κ1) is 14.6. The molecule has 1 unspecified atom stereocenters. The van der Waals surface area contributed by atoms with Crippen molar-refractivity contribution in [3.63, 3.8) is 0 Å². The molecule has 0 bridgehead atoms. The van der Waals surface area contributed by atoms with E-state index in [1.807, 2.05) is 17.9 Å². The van der Waals surface area contributed by atoms with E-state index in [0.29, 0.717) is 17.4 Å². The third-order valence-electron chi connectivity index (χ3n) is 3.99. The predicted molar refractivity (Wildman–Crippen MR) is 82.5 cm³/mol. The number of amides is 1. The molecule has 7 nitrogen and oxygen atoms in total. The lowest BCUT2D eigenvalue weighted by atomic mass is 10.2. The molecule has 1 aliphatic rings. The second kappa shape index (κ2) is 6.23. The summed E-state index contributed by atoms with van der Waals surface area (Å²) < 4.78 is 1.27. The molecule has 1 aliphatic heterocycles. The van der Waals surface area contributed by atoms with Gasteiger partial charge in [-0.15, -0.1) is 5.10 Å². The fourth-order valence-electron chi connectivity index (χ4n) is 2.73. The minimum absolute atomic E-state index is 0.0517.